The molecule has 1 aliphatic heterocycles. The van der Waals surface area contributed by atoms with Gasteiger partial charge in [-0.05, 0) is 37.0 Å². The molecule has 4 N–H and O–H groups in total. The first-order valence-electron chi connectivity index (χ1n) is 10.7. The Morgan fingerprint density at radius 3 is 2.76 bits per heavy atom. The summed E-state index contributed by atoms with van der Waals surface area (Å²) in [6.07, 6.45) is 3.22. The molecule has 2 fully saturated rings. The van der Waals surface area contributed by atoms with Crippen LogP contribution in [0.4, 0.5) is 5.82 Å². The summed E-state index contributed by atoms with van der Waals surface area (Å²) in [7, 11) is -0.545. The molecule has 4 rings (SSSR count). The summed E-state index contributed by atoms with van der Waals surface area (Å²) in [6.45, 7) is -0.0792. The maximum Gasteiger partial charge on any atom is 0.351 e. The minimum Gasteiger partial charge on any atom is -0.481 e. The van der Waals surface area contributed by atoms with Crippen molar-refractivity contribution in [2.24, 2.45) is 11.8 Å². The van der Waals surface area contributed by atoms with Crippen LogP contribution in [0.15, 0.2) is 47.4 Å². The number of nitrogens with one attached hydrogen (secondary N) is 1. The summed E-state index contributed by atoms with van der Waals surface area (Å²) in [6, 6.07) is 10.1. The zero-order chi connectivity index (χ0) is 24.1. The van der Waals surface area contributed by atoms with Crippen LogP contribution >= 0.6 is 20.4 Å². The summed E-state index contributed by atoms with van der Waals surface area (Å²) in [4.78, 5) is 28.2. The third kappa shape index (κ3) is 5.42. The van der Waals surface area contributed by atoms with Crippen LogP contribution in [0.25, 0.3) is 0 Å². The minimum atomic E-state index is -1.90. The number of nitrogens with two attached hydrogens (primary N) is 1. The number of carbonyl (C=O) groups is 1. The van der Waals surface area contributed by atoms with Gasteiger partial charge in [-0.25, -0.2) is 4.79 Å². The summed E-state index contributed by atoms with van der Waals surface area (Å²) < 4.78 is 31.1. The Kier molecular flexibility index (Phi) is 7.84. The highest BCUT2D eigenvalue weighted by Gasteiger charge is 2.53. The van der Waals surface area contributed by atoms with E-state index in [0.29, 0.717) is 24.3 Å². The number of carboxylic acid groups (broad SMARTS) is 1. The first-order chi connectivity index (χ1) is 16.4. The van der Waals surface area contributed by atoms with E-state index in [0.717, 1.165) is 6.42 Å². The Morgan fingerprint density at radius 1 is 1.38 bits per heavy atom. The van der Waals surface area contributed by atoms with Crippen molar-refractivity contribution in [3.63, 3.8) is 0 Å². The van der Waals surface area contributed by atoms with Crippen LogP contribution in [0.1, 0.15) is 25.5 Å². The number of aromatic nitrogens is 2. The van der Waals surface area contributed by atoms with Crippen molar-refractivity contribution < 1.29 is 28.7 Å². The number of benzene rings is 1. The van der Waals surface area contributed by atoms with Crippen LogP contribution in [0, 0.1) is 11.8 Å². The first kappa shape index (κ1) is 24.6. The monoisotopic (exact) mass is 508 g/mol. The van der Waals surface area contributed by atoms with E-state index < -0.39 is 43.8 Å². The Morgan fingerprint density at radius 2 is 2.15 bits per heavy atom. The van der Waals surface area contributed by atoms with Crippen molar-refractivity contribution >= 4 is 32.2 Å². The lowest BCUT2D eigenvalue weighted by atomic mass is 9.74. The number of ether oxygens (including phenoxy) is 3. The lowest BCUT2D eigenvalue weighted by Gasteiger charge is -2.43. The molecule has 1 aliphatic carbocycles. The van der Waals surface area contributed by atoms with Crippen molar-refractivity contribution in [1.82, 2.24) is 14.6 Å². The summed E-state index contributed by atoms with van der Waals surface area (Å²) in [5.41, 5.74) is 4.48. The van der Waals surface area contributed by atoms with Gasteiger partial charge in [-0.3, -0.25) is 13.9 Å². The van der Waals surface area contributed by atoms with E-state index in [4.69, 9.17) is 19.9 Å². The third-order valence-corrected chi connectivity index (χ3v) is 7.34. The molecule has 1 aromatic carbocycles. The number of hydrogen-bond donors (Lipinski definition) is 3. The SMILES string of the molecule is Nc1ccn([C@@H]2CS[C@H](COC(NP=O)(Oc3ccccc3)C(C(=O)O)C3CCC3)O2)c(=O)n1. The molecule has 2 unspecified atom stereocenters. The number of thioether (sulfide) groups is 1. The molecule has 0 bridgehead atoms. The predicted molar refractivity (Wildman–Crippen MR) is 124 cm³/mol. The Hall–Kier alpha value is -2.50. The summed E-state index contributed by atoms with van der Waals surface area (Å²) >= 11 is 1.39. The van der Waals surface area contributed by atoms with Gasteiger partial charge in [-0.2, -0.15) is 10.1 Å². The molecule has 2 aliphatic rings. The fraction of sp³-hybridized carbons (Fsp3) is 0.476. The molecule has 0 radical (unpaired) electrons. The molecular formula is C21H25N4O7PS. The number of nitrogen functional groups attached to an aromatic ring is 1. The average Bonchev–Trinajstić information content (AvgIpc) is 3.24. The number of nitrogens with zero attached hydrogens (tertiary/aromatic N) is 2. The molecule has 1 saturated heterocycles. The molecule has 182 valence electrons. The third-order valence-electron chi connectivity index (χ3n) is 5.84. The van der Waals surface area contributed by atoms with E-state index in [1.165, 1.54) is 28.6 Å². The van der Waals surface area contributed by atoms with Crippen LogP contribution in [-0.4, -0.2) is 44.3 Å². The molecule has 0 amide bonds. The minimum absolute atomic E-state index is 0.0792. The number of hydrogen-bond acceptors (Lipinski definition) is 9. The lowest BCUT2D eigenvalue weighted by molar-refractivity contribution is -0.250. The summed E-state index contributed by atoms with van der Waals surface area (Å²) in [5, 5.41) is 12.7. The standard InChI is InChI=1S/C21H25N4O7PS/c22-15-9-10-25(20(28)23-15)16-12-34-17(31-16)11-30-21(24-33-29,32-14-7-2-1-3-8-14)18(19(26)27)13-5-4-6-13/h1-3,7-10,13,16-18H,4-6,11-12H2,(H,24,29)(H,26,27)(H2,22,23,28)/t16-,17+,18?,21?/m0/s1. The second kappa shape index (κ2) is 10.8. The Labute approximate surface area is 201 Å². The second-order valence-corrected chi connectivity index (χ2v) is 9.60. The van der Waals surface area contributed by atoms with E-state index in [-0.39, 0.29) is 18.3 Å². The Bertz CT molecular complexity index is 1070. The van der Waals surface area contributed by atoms with E-state index in [1.54, 1.807) is 30.3 Å². The lowest BCUT2D eigenvalue weighted by Crippen LogP contribution is -2.61. The fourth-order valence-electron chi connectivity index (χ4n) is 4.00. The van der Waals surface area contributed by atoms with Crippen molar-refractivity contribution in [2.75, 3.05) is 18.1 Å². The molecule has 1 saturated carbocycles. The van der Waals surface area contributed by atoms with E-state index in [1.807, 2.05) is 0 Å². The smallest absolute Gasteiger partial charge is 0.351 e. The highest BCUT2D eigenvalue weighted by Crippen LogP contribution is 2.42. The second-order valence-electron chi connectivity index (χ2n) is 8.00. The largest absolute Gasteiger partial charge is 0.481 e. The normalized spacial score (nSPS) is 23.2. The van der Waals surface area contributed by atoms with Crippen LogP contribution in [0.3, 0.4) is 0 Å². The van der Waals surface area contributed by atoms with Gasteiger partial charge in [0.2, 0.25) is 0 Å². The molecular weight excluding hydrogens is 483 g/mol. The van der Waals surface area contributed by atoms with Gasteiger partial charge < -0.3 is 25.1 Å². The van der Waals surface area contributed by atoms with E-state index in [9.17, 15) is 19.3 Å². The van der Waals surface area contributed by atoms with Crippen molar-refractivity contribution in [3.8, 4) is 5.75 Å². The van der Waals surface area contributed by atoms with Gasteiger partial charge in [0.25, 0.3) is 14.5 Å². The van der Waals surface area contributed by atoms with Gasteiger partial charge in [-0.1, -0.05) is 24.6 Å². The molecule has 34 heavy (non-hydrogen) atoms. The quantitative estimate of drug-likeness (QED) is 0.303. The van der Waals surface area contributed by atoms with Crippen LogP contribution in [0.2, 0.25) is 0 Å². The molecule has 1 aromatic heterocycles. The zero-order valence-corrected chi connectivity index (χ0v) is 19.8. The van der Waals surface area contributed by atoms with E-state index >= 15 is 0 Å². The van der Waals surface area contributed by atoms with Crippen molar-refractivity contribution in [2.45, 2.75) is 36.8 Å². The van der Waals surface area contributed by atoms with Gasteiger partial charge >= 0.3 is 11.7 Å². The van der Waals surface area contributed by atoms with Crippen LogP contribution in [0.5, 0.6) is 5.75 Å². The number of para-hydroxylation sites is 1. The maximum absolute atomic E-state index is 12.3. The topological polar surface area (TPSA) is 155 Å². The van der Waals surface area contributed by atoms with E-state index in [2.05, 4.69) is 10.1 Å². The maximum atomic E-state index is 12.3. The number of rotatable bonds is 11. The van der Waals surface area contributed by atoms with Gasteiger partial charge in [0.05, 0.1) is 6.61 Å². The van der Waals surface area contributed by atoms with Crippen molar-refractivity contribution in [3.05, 3.63) is 53.1 Å². The molecule has 0 spiro atoms. The highest BCUT2D eigenvalue weighted by molar-refractivity contribution is 8.00. The number of carboxylic acids is 1. The van der Waals surface area contributed by atoms with Gasteiger partial charge in [-0.15, -0.1) is 11.8 Å². The molecule has 2 heterocycles. The number of aliphatic carboxylic acids is 1. The van der Waals surface area contributed by atoms with Gasteiger partial charge in [0.15, 0.2) is 0 Å². The Balaban J connectivity index is 1.54. The number of anilines is 1. The van der Waals surface area contributed by atoms with Crippen molar-refractivity contribution in [1.29, 1.82) is 0 Å². The van der Waals surface area contributed by atoms with Crippen LogP contribution in [-0.2, 0) is 18.8 Å². The van der Waals surface area contributed by atoms with Crippen LogP contribution < -0.4 is 21.2 Å². The molecule has 2 aromatic rings. The zero-order valence-electron chi connectivity index (χ0n) is 18.1. The molecule has 4 atom stereocenters. The molecule has 13 heteroatoms. The fourth-order valence-corrected chi connectivity index (χ4v) is 5.36. The van der Waals surface area contributed by atoms with Gasteiger partial charge in [0, 0.05) is 11.9 Å². The molecule has 11 nitrogen and oxygen atoms in total. The average molecular weight is 508 g/mol. The summed E-state index contributed by atoms with van der Waals surface area (Å²) in [5.74, 6) is -3.41. The predicted octanol–water partition coefficient (Wildman–Crippen LogP) is 2.46. The first-order valence-corrected chi connectivity index (χ1v) is 12.6. The highest BCUT2D eigenvalue weighted by atomic mass is 32.2. The van der Waals surface area contributed by atoms with Gasteiger partial charge in [0.1, 0.15) is 29.1 Å².